The summed E-state index contributed by atoms with van der Waals surface area (Å²) in [5, 5.41) is 19.6. The van der Waals surface area contributed by atoms with Crippen LogP contribution in [0.5, 0.6) is 5.75 Å². The first-order chi connectivity index (χ1) is 15.6. The van der Waals surface area contributed by atoms with Crippen molar-refractivity contribution in [3.63, 3.8) is 0 Å². The number of aromatic nitrogens is 5. The van der Waals surface area contributed by atoms with Crippen LogP contribution in [-0.4, -0.2) is 43.5 Å². The van der Waals surface area contributed by atoms with E-state index in [1.807, 2.05) is 37.3 Å². The predicted octanol–water partition coefficient (Wildman–Crippen LogP) is 2.45. The Morgan fingerprint density at radius 1 is 1.19 bits per heavy atom. The Bertz CT molecular complexity index is 1260. The summed E-state index contributed by atoms with van der Waals surface area (Å²) in [5.74, 6) is 0.172. The molecule has 4 rings (SSSR count). The van der Waals surface area contributed by atoms with Gasteiger partial charge in [-0.25, -0.2) is 10.1 Å². The van der Waals surface area contributed by atoms with Gasteiger partial charge in [0.15, 0.2) is 5.69 Å². The third-order valence-electron chi connectivity index (χ3n) is 4.52. The van der Waals surface area contributed by atoms with Crippen LogP contribution in [0.15, 0.2) is 64.3 Å². The summed E-state index contributed by atoms with van der Waals surface area (Å²) < 4.78 is 11.6. The van der Waals surface area contributed by atoms with Gasteiger partial charge in [0.05, 0.1) is 12.3 Å². The normalized spacial score (nSPS) is 11.4. The van der Waals surface area contributed by atoms with Crippen LogP contribution in [-0.2, 0) is 0 Å². The number of hydrazone groups is 1. The molecule has 11 nitrogen and oxygen atoms in total. The van der Waals surface area contributed by atoms with Gasteiger partial charge >= 0.3 is 0 Å². The Hall–Kier alpha value is -4.54. The summed E-state index contributed by atoms with van der Waals surface area (Å²) in [4.78, 5) is 13.0. The van der Waals surface area contributed by atoms with Crippen molar-refractivity contribution in [2.45, 2.75) is 13.8 Å². The van der Waals surface area contributed by atoms with Crippen LogP contribution >= 0.6 is 0 Å². The second-order valence-electron chi connectivity index (χ2n) is 6.64. The predicted molar refractivity (Wildman–Crippen MR) is 116 cm³/mol. The molecule has 2 heterocycles. The van der Waals surface area contributed by atoms with Crippen molar-refractivity contribution in [3.8, 4) is 22.8 Å². The number of ether oxygens (including phenoxy) is 1. The van der Waals surface area contributed by atoms with Gasteiger partial charge in [0.25, 0.3) is 5.91 Å². The van der Waals surface area contributed by atoms with E-state index in [0.717, 1.165) is 5.56 Å². The maximum atomic E-state index is 13.0. The topological polar surface area (TPSA) is 146 Å². The summed E-state index contributed by atoms with van der Waals surface area (Å²) in [5.41, 5.74) is 10.8. The van der Waals surface area contributed by atoms with Gasteiger partial charge in [0.2, 0.25) is 11.6 Å². The molecule has 0 aliphatic heterocycles. The molecule has 4 aromatic rings. The number of hydrogen-bond donors (Lipinski definition) is 2. The Morgan fingerprint density at radius 2 is 2.00 bits per heavy atom. The minimum atomic E-state index is -0.557. The molecule has 0 bridgehead atoms. The van der Waals surface area contributed by atoms with Crippen LogP contribution in [0.1, 0.15) is 29.9 Å². The molecular weight excluding hydrogens is 412 g/mol. The van der Waals surface area contributed by atoms with Gasteiger partial charge in [-0.3, -0.25) is 4.79 Å². The lowest BCUT2D eigenvalue weighted by Crippen LogP contribution is -2.21. The zero-order valence-electron chi connectivity index (χ0n) is 17.4. The SMILES string of the molecule is CCOc1cccc(-c2c(C(=O)N/N=C(\C)c3ccccc3)nnn2-c2nonc2N)c1. The van der Waals surface area contributed by atoms with Gasteiger partial charge < -0.3 is 10.5 Å². The number of carbonyl (C=O) groups is 1. The third-order valence-corrected chi connectivity index (χ3v) is 4.52. The number of anilines is 1. The molecule has 0 saturated heterocycles. The molecule has 0 aliphatic rings. The van der Waals surface area contributed by atoms with Crippen molar-refractivity contribution in [2.75, 3.05) is 12.3 Å². The van der Waals surface area contributed by atoms with Crippen LogP contribution in [0, 0.1) is 0 Å². The number of amides is 1. The van der Waals surface area contributed by atoms with Crippen molar-refractivity contribution in [1.29, 1.82) is 0 Å². The average molecular weight is 432 g/mol. The third kappa shape index (κ3) is 4.17. The van der Waals surface area contributed by atoms with E-state index in [4.69, 9.17) is 10.5 Å². The lowest BCUT2D eigenvalue weighted by Gasteiger charge is -2.08. The van der Waals surface area contributed by atoms with Gasteiger partial charge in [-0.05, 0) is 41.9 Å². The standard InChI is InChI=1S/C21H20N8O3/c1-3-31-16-11-7-10-15(12-16)18-17(24-28-29(18)20-19(22)26-32-27-20)21(30)25-23-13(2)14-8-5-4-6-9-14/h4-12H,3H2,1-2H3,(H2,22,26)(H,25,30)/b23-13+. The fraction of sp³-hybridized carbons (Fsp3) is 0.143. The maximum Gasteiger partial charge on any atom is 0.294 e. The summed E-state index contributed by atoms with van der Waals surface area (Å²) in [6.07, 6.45) is 0. The molecule has 162 valence electrons. The fourth-order valence-electron chi connectivity index (χ4n) is 3.01. The smallest absolute Gasteiger partial charge is 0.294 e. The van der Waals surface area contributed by atoms with E-state index in [1.54, 1.807) is 31.2 Å². The van der Waals surface area contributed by atoms with Crippen molar-refractivity contribution >= 4 is 17.4 Å². The second kappa shape index (κ2) is 9.08. The van der Waals surface area contributed by atoms with Crippen LogP contribution in [0.4, 0.5) is 5.82 Å². The highest BCUT2D eigenvalue weighted by molar-refractivity contribution is 6.02. The quantitative estimate of drug-likeness (QED) is 0.334. The van der Waals surface area contributed by atoms with E-state index < -0.39 is 5.91 Å². The van der Waals surface area contributed by atoms with E-state index in [2.05, 4.69) is 35.8 Å². The maximum absolute atomic E-state index is 13.0. The van der Waals surface area contributed by atoms with Gasteiger partial charge in [-0.1, -0.05) is 47.7 Å². The van der Waals surface area contributed by atoms with Gasteiger partial charge in [-0.2, -0.15) is 9.78 Å². The molecule has 0 fully saturated rings. The lowest BCUT2D eigenvalue weighted by atomic mass is 10.1. The van der Waals surface area contributed by atoms with Crippen molar-refractivity contribution in [3.05, 3.63) is 65.9 Å². The molecule has 0 spiro atoms. The van der Waals surface area contributed by atoms with Gasteiger partial charge in [0.1, 0.15) is 11.4 Å². The number of benzene rings is 2. The number of nitrogens with two attached hydrogens (primary N) is 1. The fourth-order valence-corrected chi connectivity index (χ4v) is 3.01. The lowest BCUT2D eigenvalue weighted by molar-refractivity contribution is 0.0950. The Kier molecular flexibility index (Phi) is 5.88. The first-order valence-electron chi connectivity index (χ1n) is 9.76. The van der Waals surface area contributed by atoms with E-state index in [-0.39, 0.29) is 17.3 Å². The second-order valence-corrected chi connectivity index (χ2v) is 6.64. The van der Waals surface area contributed by atoms with Crippen LogP contribution in [0.2, 0.25) is 0 Å². The van der Waals surface area contributed by atoms with E-state index in [1.165, 1.54) is 4.68 Å². The van der Waals surface area contributed by atoms with Crippen molar-refractivity contribution < 1.29 is 14.2 Å². The van der Waals surface area contributed by atoms with E-state index in [9.17, 15) is 4.79 Å². The molecule has 3 N–H and O–H groups in total. The molecule has 0 radical (unpaired) electrons. The molecule has 11 heteroatoms. The van der Waals surface area contributed by atoms with Crippen LogP contribution < -0.4 is 15.9 Å². The van der Waals surface area contributed by atoms with Crippen molar-refractivity contribution in [1.82, 2.24) is 30.7 Å². The van der Waals surface area contributed by atoms with E-state index in [0.29, 0.717) is 29.3 Å². The van der Waals surface area contributed by atoms with Crippen molar-refractivity contribution in [2.24, 2.45) is 5.10 Å². The Balaban J connectivity index is 1.74. The molecule has 2 aromatic heterocycles. The monoisotopic (exact) mass is 432 g/mol. The molecule has 0 unspecified atom stereocenters. The minimum Gasteiger partial charge on any atom is -0.494 e. The highest BCUT2D eigenvalue weighted by Crippen LogP contribution is 2.29. The summed E-state index contributed by atoms with van der Waals surface area (Å²) >= 11 is 0. The molecular formula is C21H20N8O3. The number of nitrogens with zero attached hydrogens (tertiary/aromatic N) is 6. The summed E-state index contributed by atoms with van der Waals surface area (Å²) in [6.45, 7) is 4.16. The molecule has 32 heavy (non-hydrogen) atoms. The number of nitrogens with one attached hydrogen (secondary N) is 1. The summed E-state index contributed by atoms with van der Waals surface area (Å²) in [7, 11) is 0. The molecule has 0 saturated carbocycles. The Labute approximate surface area is 182 Å². The van der Waals surface area contributed by atoms with Crippen LogP contribution in [0.25, 0.3) is 17.1 Å². The molecule has 2 aromatic carbocycles. The first-order valence-corrected chi connectivity index (χ1v) is 9.76. The number of nitrogen functional groups attached to an aromatic ring is 1. The van der Waals surface area contributed by atoms with Crippen LogP contribution in [0.3, 0.4) is 0 Å². The molecule has 0 aliphatic carbocycles. The number of carbonyl (C=O) groups excluding carboxylic acids is 1. The average Bonchev–Trinajstić information content (AvgIpc) is 3.44. The highest BCUT2D eigenvalue weighted by Gasteiger charge is 2.25. The number of hydrogen-bond acceptors (Lipinski definition) is 9. The highest BCUT2D eigenvalue weighted by atomic mass is 16.6. The zero-order valence-corrected chi connectivity index (χ0v) is 17.4. The van der Waals surface area contributed by atoms with Gasteiger partial charge in [-0.15, -0.1) is 5.10 Å². The van der Waals surface area contributed by atoms with Gasteiger partial charge in [0, 0.05) is 5.56 Å². The molecule has 1 amide bonds. The minimum absolute atomic E-state index is 0.00186. The zero-order chi connectivity index (χ0) is 22.5. The van der Waals surface area contributed by atoms with E-state index >= 15 is 0 Å². The summed E-state index contributed by atoms with van der Waals surface area (Å²) in [6, 6.07) is 16.6. The largest absolute Gasteiger partial charge is 0.494 e. The number of rotatable bonds is 7. The first kappa shape index (κ1) is 20.7. The Morgan fingerprint density at radius 3 is 2.72 bits per heavy atom. The molecule has 0 atom stereocenters.